The molecule has 0 radical (unpaired) electrons. The minimum atomic E-state index is -0.0292. The monoisotopic (exact) mass is 923 g/mol. The molecule has 4 aliphatic heterocycles. The third-order valence-electron chi connectivity index (χ3n) is 17.0. The summed E-state index contributed by atoms with van der Waals surface area (Å²) in [5, 5.41) is 0. The van der Waals surface area contributed by atoms with Gasteiger partial charge in [0.15, 0.2) is 23.0 Å². The molecule has 0 N–H and O–H groups in total. The van der Waals surface area contributed by atoms with E-state index in [0.717, 1.165) is 152 Å². The van der Waals surface area contributed by atoms with E-state index >= 15 is 0 Å². The Hall–Kier alpha value is -1.74. The summed E-state index contributed by atoms with van der Waals surface area (Å²) in [7, 11) is 0. The average molecular weight is 924 g/mol. The molecule has 4 unspecified atom stereocenters. The molecule has 0 aliphatic carbocycles. The van der Waals surface area contributed by atoms with Crippen LogP contribution in [-0.2, 0) is 0 Å². The van der Waals surface area contributed by atoms with Gasteiger partial charge in [-0.05, 0) is 214 Å². The van der Waals surface area contributed by atoms with Crippen molar-refractivity contribution in [2.45, 2.75) is 310 Å². The largest absolute Gasteiger partial charge is 0.486 e. The van der Waals surface area contributed by atoms with E-state index in [-0.39, 0.29) is 68.7 Å². The quantitative estimate of drug-likeness (QED) is 0.163. The zero-order valence-electron chi connectivity index (χ0n) is 47.0. The van der Waals surface area contributed by atoms with E-state index in [1.54, 1.807) is 0 Å². The van der Waals surface area contributed by atoms with Crippen LogP contribution in [0.1, 0.15) is 241 Å². The molecule has 66 heavy (non-hydrogen) atoms. The van der Waals surface area contributed by atoms with Gasteiger partial charge < -0.3 is 18.9 Å². The number of nitrogens with zero attached hydrogens (tertiary/aromatic N) is 4. The van der Waals surface area contributed by atoms with Gasteiger partial charge in [0.05, 0.1) is 0 Å². The van der Waals surface area contributed by atoms with Crippen molar-refractivity contribution in [3.8, 4) is 23.0 Å². The first-order chi connectivity index (χ1) is 30.4. The average Bonchev–Trinajstić information content (AvgIpc) is 3.42. The second-order valence-corrected chi connectivity index (χ2v) is 26.8. The van der Waals surface area contributed by atoms with Crippen molar-refractivity contribution in [1.82, 2.24) is 19.6 Å². The summed E-state index contributed by atoms with van der Waals surface area (Å²) in [6.07, 6.45) is 16.7. The van der Waals surface area contributed by atoms with Crippen LogP contribution in [-0.4, -0.2) is 115 Å². The number of likely N-dealkylation sites (tertiary alicyclic amines) is 4. The molecule has 4 atom stereocenters. The van der Waals surface area contributed by atoms with E-state index in [2.05, 4.69) is 170 Å². The fraction of sp³-hybridized carbons (Fsp3) is 0.897. The van der Waals surface area contributed by atoms with Crippen LogP contribution in [0, 0.1) is 0 Å². The molecule has 8 nitrogen and oxygen atoms in total. The molecule has 0 amide bonds. The van der Waals surface area contributed by atoms with Crippen LogP contribution in [0.25, 0.3) is 0 Å². The smallest absolute Gasteiger partial charge is 0.165 e. The first kappa shape index (κ1) is 55.2. The van der Waals surface area contributed by atoms with Crippen molar-refractivity contribution in [3.05, 3.63) is 12.1 Å². The first-order valence-electron chi connectivity index (χ1n) is 27.4. The normalized spacial score (nSPS) is 30.0. The number of hydrogen-bond acceptors (Lipinski definition) is 8. The van der Waals surface area contributed by atoms with Crippen molar-refractivity contribution in [2.24, 2.45) is 0 Å². The topological polar surface area (TPSA) is 49.9 Å². The van der Waals surface area contributed by atoms with Crippen LogP contribution in [0.5, 0.6) is 23.0 Å². The predicted octanol–water partition coefficient (Wildman–Crippen LogP) is 14.5. The van der Waals surface area contributed by atoms with Gasteiger partial charge in [0.1, 0.15) is 24.4 Å². The Labute approximate surface area is 408 Å². The Morgan fingerprint density at radius 3 is 0.682 bits per heavy atom. The Morgan fingerprint density at radius 1 is 0.333 bits per heavy atom. The van der Waals surface area contributed by atoms with E-state index in [1.165, 1.54) is 0 Å². The Kier molecular flexibility index (Phi) is 17.5. The minimum absolute atomic E-state index is 0.0292. The highest BCUT2D eigenvalue weighted by Gasteiger charge is 2.47. The molecule has 0 saturated carbocycles. The van der Waals surface area contributed by atoms with E-state index in [1.807, 2.05) is 0 Å². The molecular weight excluding hydrogens is 817 g/mol. The molecular formula is C58H106N4O4. The molecule has 4 heterocycles. The van der Waals surface area contributed by atoms with Crippen molar-refractivity contribution in [2.75, 3.05) is 26.2 Å². The fourth-order valence-corrected chi connectivity index (χ4v) is 14.3. The van der Waals surface area contributed by atoms with E-state index < -0.39 is 0 Å². The molecule has 1 aromatic rings. The van der Waals surface area contributed by atoms with Crippen LogP contribution >= 0.6 is 0 Å². The molecule has 8 heteroatoms. The number of rotatable bonds is 16. The second kappa shape index (κ2) is 20.9. The molecule has 382 valence electrons. The molecule has 4 aliphatic rings. The van der Waals surface area contributed by atoms with E-state index in [0.29, 0.717) is 0 Å². The number of hydrogen-bond donors (Lipinski definition) is 0. The predicted molar refractivity (Wildman–Crippen MR) is 280 cm³/mol. The van der Waals surface area contributed by atoms with Gasteiger partial charge in [-0.2, -0.15) is 0 Å². The SMILES string of the molecule is CCCN1C(C)(C)CCC(Oc2cc(OC3CCC(C)(C)N(CCC)C(C)(C)C3)c(OC3CCC(C)(C)N(CCC)C(C)(C)C3)cc2OC2CCC(C)(C)N(CCC)C(C)(C)C2)CC1(C)C. The summed E-state index contributed by atoms with van der Waals surface area (Å²) in [6.45, 7) is 52.5. The fourth-order valence-electron chi connectivity index (χ4n) is 14.3. The third kappa shape index (κ3) is 13.0. The molecule has 5 rings (SSSR count). The minimum Gasteiger partial charge on any atom is -0.486 e. The van der Waals surface area contributed by atoms with Gasteiger partial charge in [-0.15, -0.1) is 0 Å². The van der Waals surface area contributed by atoms with Crippen LogP contribution in [0.4, 0.5) is 0 Å². The maximum absolute atomic E-state index is 7.48. The van der Waals surface area contributed by atoms with Gasteiger partial charge in [-0.1, -0.05) is 27.7 Å². The van der Waals surface area contributed by atoms with Crippen molar-refractivity contribution in [3.63, 3.8) is 0 Å². The molecule has 4 fully saturated rings. The lowest BCUT2D eigenvalue weighted by molar-refractivity contribution is 0.00997. The summed E-state index contributed by atoms with van der Waals surface area (Å²) < 4.78 is 29.9. The van der Waals surface area contributed by atoms with Gasteiger partial charge in [0.25, 0.3) is 0 Å². The summed E-state index contributed by atoms with van der Waals surface area (Å²) in [4.78, 5) is 11.0. The zero-order chi connectivity index (χ0) is 49.3. The number of benzene rings is 1. The standard InChI is InChI=1S/C58H106N4O4/c1-21-33-59-51(5,6)29-25-43(39-55(59,13)14)63-47-37-49(65-45-27-31-53(9,10)61(35-23-3)57(17,18)41-45)50(66-46-28-32-54(11,12)62(36-24-4)58(19,20)42-46)38-48(47)64-44-26-30-52(7,8)60(34-22-2)56(15,16)40-44/h37-38,43-46H,21-36,39-42H2,1-20H3. The van der Waals surface area contributed by atoms with Gasteiger partial charge in [0.2, 0.25) is 0 Å². The van der Waals surface area contributed by atoms with Gasteiger partial charge in [-0.25, -0.2) is 0 Å². The molecule has 1 aromatic carbocycles. The second-order valence-electron chi connectivity index (χ2n) is 26.8. The van der Waals surface area contributed by atoms with E-state index in [4.69, 9.17) is 18.9 Å². The summed E-state index contributed by atoms with van der Waals surface area (Å²) in [5.74, 6) is 3.24. The van der Waals surface area contributed by atoms with Crippen LogP contribution < -0.4 is 18.9 Å². The summed E-state index contributed by atoms with van der Waals surface area (Å²) in [5.41, 5.74) is 0.183. The zero-order valence-corrected chi connectivity index (χ0v) is 47.0. The lowest BCUT2D eigenvalue weighted by Crippen LogP contribution is -2.55. The highest BCUT2D eigenvalue weighted by molar-refractivity contribution is 5.55. The van der Waals surface area contributed by atoms with Crippen LogP contribution in [0.15, 0.2) is 12.1 Å². The van der Waals surface area contributed by atoms with E-state index in [9.17, 15) is 0 Å². The summed E-state index contributed by atoms with van der Waals surface area (Å²) in [6, 6.07) is 4.43. The molecule has 4 saturated heterocycles. The Morgan fingerprint density at radius 2 is 0.515 bits per heavy atom. The van der Waals surface area contributed by atoms with Crippen molar-refractivity contribution >= 4 is 0 Å². The van der Waals surface area contributed by atoms with Gasteiger partial charge >= 0.3 is 0 Å². The molecule has 0 spiro atoms. The van der Waals surface area contributed by atoms with Crippen LogP contribution in [0.3, 0.4) is 0 Å². The first-order valence-corrected chi connectivity index (χ1v) is 27.4. The highest BCUT2D eigenvalue weighted by Crippen LogP contribution is 2.49. The Bertz CT molecular complexity index is 1470. The van der Waals surface area contributed by atoms with Crippen molar-refractivity contribution < 1.29 is 18.9 Å². The van der Waals surface area contributed by atoms with Crippen molar-refractivity contribution in [1.29, 1.82) is 0 Å². The lowest BCUT2D eigenvalue weighted by atomic mass is 9.91. The van der Waals surface area contributed by atoms with Gasteiger partial charge in [0, 0.05) is 82.1 Å². The maximum atomic E-state index is 7.48. The van der Waals surface area contributed by atoms with Crippen LogP contribution in [0.2, 0.25) is 0 Å². The number of ether oxygens (including phenoxy) is 4. The lowest BCUT2D eigenvalue weighted by Gasteiger charge is -2.47. The Balaban J connectivity index is 1.65. The molecule has 0 bridgehead atoms. The highest BCUT2D eigenvalue weighted by atomic mass is 16.5. The summed E-state index contributed by atoms with van der Waals surface area (Å²) >= 11 is 0. The van der Waals surface area contributed by atoms with Gasteiger partial charge in [-0.3, -0.25) is 19.6 Å². The molecule has 0 aromatic heterocycles. The third-order valence-corrected chi connectivity index (χ3v) is 17.0. The maximum Gasteiger partial charge on any atom is 0.165 e.